The smallest absolute Gasteiger partial charge is 0.281 e. The minimum atomic E-state index is -0.506. The van der Waals surface area contributed by atoms with Crippen LogP contribution in [-0.4, -0.2) is 37.5 Å². The van der Waals surface area contributed by atoms with E-state index < -0.39 is 5.82 Å². The molecule has 0 bridgehead atoms. The molecule has 1 aliphatic carbocycles. The molecule has 1 amide bonds. The molecule has 37 heavy (non-hydrogen) atoms. The number of hydrazone groups is 1. The predicted molar refractivity (Wildman–Crippen MR) is 140 cm³/mol. The molecule has 3 aromatic carbocycles. The van der Waals surface area contributed by atoms with Gasteiger partial charge in [0.15, 0.2) is 18.2 Å². The number of carbonyl (C=O) groups excluding carboxylic acids is 1. The van der Waals surface area contributed by atoms with Gasteiger partial charge in [0, 0.05) is 5.92 Å². The Hall–Kier alpha value is -4.13. The normalized spacial score (nSPS) is 19.8. The predicted octanol–water partition coefficient (Wildman–Crippen LogP) is 6.04. The fourth-order valence-corrected chi connectivity index (χ4v) is 5.01. The van der Waals surface area contributed by atoms with Crippen LogP contribution in [0.1, 0.15) is 36.4 Å². The summed E-state index contributed by atoms with van der Waals surface area (Å²) in [6.45, 7) is -0.311. The van der Waals surface area contributed by atoms with E-state index in [-0.39, 0.29) is 30.2 Å². The quantitative estimate of drug-likeness (QED) is 0.397. The molecular formula is C30H29FN2O4. The zero-order chi connectivity index (χ0) is 25.8. The highest BCUT2D eigenvalue weighted by atomic mass is 19.1. The fourth-order valence-electron chi connectivity index (χ4n) is 5.01. The van der Waals surface area contributed by atoms with Crippen molar-refractivity contribution in [1.82, 2.24) is 5.01 Å². The summed E-state index contributed by atoms with van der Waals surface area (Å²) in [6.07, 6.45) is 4.92. The summed E-state index contributed by atoms with van der Waals surface area (Å²) in [4.78, 5) is 13.4. The summed E-state index contributed by atoms with van der Waals surface area (Å²) in [6, 6.07) is 21.4. The number of allylic oxidation sites excluding steroid dienone is 1. The SMILES string of the molecule is COc1ccc(C=C2CCCC3C2=NN(C(=O)COc2ccccc2F)C3c2ccc(OC)cc2)cc1. The summed E-state index contributed by atoms with van der Waals surface area (Å²) in [5.74, 6) is 0.800. The van der Waals surface area contributed by atoms with Crippen molar-refractivity contribution in [3.8, 4) is 17.2 Å². The first-order valence-electron chi connectivity index (χ1n) is 12.3. The molecule has 6 nitrogen and oxygen atoms in total. The van der Waals surface area contributed by atoms with Crippen molar-refractivity contribution in [2.45, 2.75) is 25.3 Å². The van der Waals surface area contributed by atoms with E-state index in [0.717, 1.165) is 53.2 Å². The van der Waals surface area contributed by atoms with Crippen molar-refractivity contribution >= 4 is 17.7 Å². The molecule has 0 spiro atoms. The van der Waals surface area contributed by atoms with Gasteiger partial charge in [-0.25, -0.2) is 9.40 Å². The fraction of sp³-hybridized carbons (Fsp3) is 0.267. The van der Waals surface area contributed by atoms with Crippen LogP contribution in [-0.2, 0) is 4.79 Å². The number of nitrogens with zero attached hydrogens (tertiary/aromatic N) is 2. The zero-order valence-electron chi connectivity index (χ0n) is 20.9. The molecule has 1 fully saturated rings. The Morgan fingerprint density at radius 1 is 1.00 bits per heavy atom. The Balaban J connectivity index is 1.46. The molecule has 7 heteroatoms. The van der Waals surface area contributed by atoms with E-state index in [2.05, 4.69) is 6.08 Å². The van der Waals surface area contributed by atoms with Crippen molar-refractivity contribution in [3.05, 3.63) is 95.3 Å². The number of benzene rings is 3. The van der Waals surface area contributed by atoms with Crippen LogP contribution in [0.4, 0.5) is 4.39 Å². The molecule has 0 N–H and O–H groups in total. The maximum atomic E-state index is 14.1. The molecule has 1 heterocycles. The van der Waals surface area contributed by atoms with E-state index in [9.17, 15) is 9.18 Å². The largest absolute Gasteiger partial charge is 0.497 e. The van der Waals surface area contributed by atoms with Crippen LogP contribution in [0.3, 0.4) is 0 Å². The number of ether oxygens (including phenoxy) is 3. The molecule has 2 unspecified atom stereocenters. The maximum absolute atomic E-state index is 14.1. The van der Waals surface area contributed by atoms with Gasteiger partial charge in [-0.1, -0.05) is 36.4 Å². The first-order valence-corrected chi connectivity index (χ1v) is 12.3. The molecule has 0 saturated heterocycles. The average Bonchev–Trinajstić information content (AvgIpc) is 3.34. The van der Waals surface area contributed by atoms with E-state index in [1.807, 2.05) is 48.5 Å². The van der Waals surface area contributed by atoms with Crippen molar-refractivity contribution in [2.75, 3.05) is 20.8 Å². The number of fused-ring (bicyclic) bond motifs is 1. The minimum absolute atomic E-state index is 0.0428. The highest BCUT2D eigenvalue weighted by Crippen LogP contribution is 2.44. The summed E-state index contributed by atoms with van der Waals surface area (Å²) >= 11 is 0. The van der Waals surface area contributed by atoms with Crippen LogP contribution in [0.2, 0.25) is 0 Å². The van der Waals surface area contributed by atoms with Gasteiger partial charge < -0.3 is 14.2 Å². The lowest BCUT2D eigenvalue weighted by Gasteiger charge is -2.29. The van der Waals surface area contributed by atoms with Crippen LogP contribution in [0.25, 0.3) is 6.08 Å². The van der Waals surface area contributed by atoms with Crippen molar-refractivity contribution < 1.29 is 23.4 Å². The second-order valence-corrected chi connectivity index (χ2v) is 9.10. The lowest BCUT2D eigenvalue weighted by Crippen LogP contribution is -2.34. The third kappa shape index (κ3) is 5.21. The highest BCUT2D eigenvalue weighted by Gasteiger charge is 2.43. The minimum Gasteiger partial charge on any atom is -0.497 e. The van der Waals surface area contributed by atoms with Gasteiger partial charge in [-0.2, -0.15) is 5.10 Å². The second-order valence-electron chi connectivity index (χ2n) is 9.10. The van der Waals surface area contributed by atoms with Crippen molar-refractivity contribution in [2.24, 2.45) is 11.0 Å². The monoisotopic (exact) mass is 500 g/mol. The first kappa shape index (κ1) is 24.6. The molecule has 190 valence electrons. The Morgan fingerprint density at radius 2 is 1.68 bits per heavy atom. The van der Waals surface area contributed by atoms with Gasteiger partial charge >= 0.3 is 0 Å². The molecule has 5 rings (SSSR count). The van der Waals surface area contributed by atoms with Gasteiger partial charge in [0.25, 0.3) is 5.91 Å². The van der Waals surface area contributed by atoms with Crippen LogP contribution in [0.15, 0.2) is 83.5 Å². The Bertz CT molecular complexity index is 1320. The number of methoxy groups -OCH3 is 2. The molecular weight excluding hydrogens is 471 g/mol. The van der Waals surface area contributed by atoms with Crippen LogP contribution >= 0.6 is 0 Å². The first-order chi connectivity index (χ1) is 18.1. The van der Waals surface area contributed by atoms with Gasteiger partial charge in [0.1, 0.15) is 11.5 Å². The van der Waals surface area contributed by atoms with Crippen LogP contribution in [0.5, 0.6) is 17.2 Å². The second kappa shape index (κ2) is 10.9. The van der Waals surface area contributed by atoms with E-state index >= 15 is 0 Å². The van der Waals surface area contributed by atoms with E-state index in [1.165, 1.54) is 17.1 Å². The Morgan fingerprint density at radius 3 is 2.35 bits per heavy atom. The summed E-state index contributed by atoms with van der Waals surface area (Å²) in [5.41, 5.74) is 4.05. The number of amides is 1. The summed E-state index contributed by atoms with van der Waals surface area (Å²) in [5, 5.41) is 6.38. The number of hydrogen-bond donors (Lipinski definition) is 0. The van der Waals surface area contributed by atoms with Gasteiger partial charge in [0.2, 0.25) is 0 Å². The van der Waals surface area contributed by atoms with Gasteiger partial charge in [-0.15, -0.1) is 0 Å². The highest BCUT2D eigenvalue weighted by molar-refractivity contribution is 6.08. The Labute approximate surface area is 216 Å². The molecule has 0 radical (unpaired) electrons. The number of para-hydroxylation sites is 1. The van der Waals surface area contributed by atoms with Crippen molar-refractivity contribution in [1.29, 1.82) is 0 Å². The molecule has 2 aliphatic rings. The summed E-state index contributed by atoms with van der Waals surface area (Å²) in [7, 11) is 3.27. The molecule has 2 atom stereocenters. The van der Waals surface area contributed by atoms with Gasteiger partial charge in [0.05, 0.1) is 26.0 Å². The third-order valence-corrected chi connectivity index (χ3v) is 6.86. The number of hydrogen-bond acceptors (Lipinski definition) is 5. The lowest BCUT2D eigenvalue weighted by atomic mass is 9.77. The molecule has 3 aromatic rings. The number of carbonyl (C=O) groups is 1. The standard InChI is InChI=1S/C30H29FN2O4/c1-35-23-14-10-20(11-15-23)18-22-6-5-7-25-29(22)32-33(30(25)21-12-16-24(36-2)17-13-21)28(34)19-37-27-9-4-3-8-26(27)31/h3-4,8-18,25,30H,5-7,19H2,1-2H3. The summed E-state index contributed by atoms with van der Waals surface area (Å²) < 4.78 is 30.2. The van der Waals surface area contributed by atoms with Gasteiger partial charge in [-0.05, 0) is 78.4 Å². The maximum Gasteiger partial charge on any atom is 0.281 e. The van der Waals surface area contributed by atoms with Crippen LogP contribution in [0, 0.1) is 11.7 Å². The van der Waals surface area contributed by atoms with E-state index in [4.69, 9.17) is 19.3 Å². The number of halogens is 1. The molecule has 1 aliphatic heterocycles. The Kier molecular flexibility index (Phi) is 7.21. The molecule has 0 aromatic heterocycles. The van der Waals surface area contributed by atoms with E-state index in [1.54, 1.807) is 26.4 Å². The van der Waals surface area contributed by atoms with Crippen LogP contribution < -0.4 is 14.2 Å². The van der Waals surface area contributed by atoms with Gasteiger partial charge in [-0.3, -0.25) is 4.79 Å². The topological polar surface area (TPSA) is 60.4 Å². The lowest BCUT2D eigenvalue weighted by molar-refractivity contribution is -0.135. The van der Waals surface area contributed by atoms with E-state index in [0.29, 0.717) is 0 Å². The van der Waals surface area contributed by atoms with Crippen molar-refractivity contribution in [3.63, 3.8) is 0 Å². The zero-order valence-corrected chi connectivity index (χ0v) is 20.9. The number of rotatable bonds is 7. The average molecular weight is 501 g/mol. The third-order valence-electron chi connectivity index (χ3n) is 6.86. The molecule has 1 saturated carbocycles.